The maximum Gasteiger partial charge on any atom is 0.351 e. The molecule has 7 heteroatoms. The first-order chi connectivity index (χ1) is 13.7. The van der Waals surface area contributed by atoms with Crippen molar-refractivity contribution in [3.05, 3.63) is 76.4 Å². The number of thiophene rings is 1. The number of fused-ring (bicyclic) bond motifs is 1. The zero-order valence-corrected chi connectivity index (χ0v) is 16.7. The maximum atomic E-state index is 12.2. The number of carbonyl (C=O) groups excluding carboxylic acids is 1. The van der Waals surface area contributed by atoms with E-state index in [1.54, 1.807) is 6.20 Å². The number of pyridine rings is 1. The molecule has 1 aromatic carbocycles. The van der Waals surface area contributed by atoms with E-state index in [1.807, 2.05) is 59.1 Å². The van der Waals surface area contributed by atoms with E-state index < -0.39 is 5.97 Å². The third-order valence-electron chi connectivity index (χ3n) is 4.33. The van der Waals surface area contributed by atoms with Crippen LogP contribution in [-0.4, -0.2) is 29.1 Å². The number of benzene rings is 1. The summed E-state index contributed by atoms with van der Waals surface area (Å²) in [5.41, 5.74) is 2.74. The smallest absolute Gasteiger partial charge is 0.351 e. The van der Waals surface area contributed by atoms with Crippen LogP contribution in [0.25, 0.3) is 16.2 Å². The summed E-state index contributed by atoms with van der Waals surface area (Å²) in [7, 11) is 1.36. The normalized spacial score (nSPS) is 10.9. The number of carbonyl (C=O) groups is 1. The van der Waals surface area contributed by atoms with E-state index in [-0.39, 0.29) is 0 Å². The lowest BCUT2D eigenvalue weighted by Gasteiger charge is -2.07. The largest absolute Gasteiger partial charge is 0.491 e. The number of hydrogen-bond donors (Lipinski definition) is 0. The number of nitrogens with zero attached hydrogens (tertiary/aromatic N) is 2. The monoisotopic (exact) mass is 412 g/mol. The molecule has 142 valence electrons. The lowest BCUT2D eigenvalue weighted by atomic mass is 10.2. The fourth-order valence-electron chi connectivity index (χ4n) is 2.93. The van der Waals surface area contributed by atoms with Gasteiger partial charge in [0, 0.05) is 23.7 Å². The predicted molar refractivity (Wildman–Crippen MR) is 110 cm³/mol. The summed E-state index contributed by atoms with van der Waals surface area (Å²) < 4.78 is 12.8. The summed E-state index contributed by atoms with van der Waals surface area (Å²) in [6.07, 6.45) is 4.37. The SMILES string of the molecule is COC(=O)c1sc(-c2cnc3ccccn23)cc1OCCc1ccccc1Cl. The van der Waals surface area contributed by atoms with Gasteiger partial charge in [-0.05, 0) is 23.8 Å². The summed E-state index contributed by atoms with van der Waals surface area (Å²) in [4.78, 5) is 18.0. The first kappa shape index (κ1) is 18.5. The molecule has 4 aromatic rings. The fraction of sp³-hybridized carbons (Fsp3) is 0.143. The van der Waals surface area contributed by atoms with Crippen molar-refractivity contribution in [3.8, 4) is 16.3 Å². The van der Waals surface area contributed by atoms with Gasteiger partial charge in [-0.3, -0.25) is 4.40 Å². The molecule has 28 heavy (non-hydrogen) atoms. The van der Waals surface area contributed by atoms with Gasteiger partial charge in [-0.15, -0.1) is 11.3 Å². The van der Waals surface area contributed by atoms with Crippen LogP contribution in [0.5, 0.6) is 5.75 Å². The topological polar surface area (TPSA) is 52.8 Å². The van der Waals surface area contributed by atoms with Crippen LogP contribution in [0.4, 0.5) is 0 Å². The van der Waals surface area contributed by atoms with Gasteiger partial charge in [-0.2, -0.15) is 0 Å². The molecule has 0 spiro atoms. The number of hydrogen-bond acceptors (Lipinski definition) is 5. The highest BCUT2D eigenvalue weighted by molar-refractivity contribution is 7.17. The molecule has 0 N–H and O–H groups in total. The summed E-state index contributed by atoms with van der Waals surface area (Å²) in [6.45, 7) is 0.400. The molecule has 0 aliphatic carbocycles. The van der Waals surface area contributed by atoms with Crippen molar-refractivity contribution in [2.75, 3.05) is 13.7 Å². The van der Waals surface area contributed by atoms with Gasteiger partial charge < -0.3 is 9.47 Å². The van der Waals surface area contributed by atoms with Gasteiger partial charge in [0.25, 0.3) is 0 Å². The summed E-state index contributed by atoms with van der Waals surface area (Å²) in [6, 6.07) is 15.3. The van der Waals surface area contributed by atoms with Gasteiger partial charge in [0.2, 0.25) is 0 Å². The third-order valence-corrected chi connectivity index (χ3v) is 5.81. The number of aromatic nitrogens is 2. The second kappa shape index (κ2) is 8.04. The Morgan fingerprint density at radius 2 is 2.04 bits per heavy atom. The summed E-state index contributed by atoms with van der Waals surface area (Å²) in [5, 5.41) is 0.705. The van der Waals surface area contributed by atoms with Crippen molar-refractivity contribution in [3.63, 3.8) is 0 Å². The standard InChI is InChI=1S/C21H17ClN2O3S/c1-26-21(25)20-17(27-11-9-14-6-2-3-7-15(14)22)12-18(28-20)16-13-23-19-8-4-5-10-24(16)19/h2-8,10,12-13H,9,11H2,1H3. The molecule has 0 aliphatic rings. The zero-order valence-electron chi connectivity index (χ0n) is 15.1. The number of methoxy groups -OCH3 is 1. The molecular formula is C21H17ClN2O3S. The van der Waals surface area contributed by atoms with Crippen LogP contribution >= 0.6 is 22.9 Å². The predicted octanol–water partition coefficient (Wildman–Crippen LogP) is 5.12. The van der Waals surface area contributed by atoms with Crippen molar-refractivity contribution in [1.29, 1.82) is 0 Å². The molecule has 0 aliphatic heterocycles. The van der Waals surface area contributed by atoms with Crippen LogP contribution in [0.2, 0.25) is 5.02 Å². The van der Waals surface area contributed by atoms with Crippen LogP contribution in [-0.2, 0) is 11.2 Å². The Bertz CT molecular complexity index is 1140. The van der Waals surface area contributed by atoms with E-state index in [2.05, 4.69) is 4.98 Å². The maximum absolute atomic E-state index is 12.2. The van der Waals surface area contributed by atoms with Crippen molar-refractivity contribution in [2.45, 2.75) is 6.42 Å². The minimum atomic E-state index is -0.419. The molecule has 5 nitrogen and oxygen atoms in total. The molecule has 0 bridgehead atoms. The Balaban J connectivity index is 1.61. The second-order valence-corrected chi connectivity index (χ2v) is 7.52. The van der Waals surface area contributed by atoms with E-state index in [9.17, 15) is 4.79 Å². The number of halogens is 1. The van der Waals surface area contributed by atoms with E-state index in [0.29, 0.717) is 28.7 Å². The van der Waals surface area contributed by atoms with Gasteiger partial charge in [-0.25, -0.2) is 9.78 Å². The molecule has 0 unspecified atom stereocenters. The van der Waals surface area contributed by atoms with Crippen molar-refractivity contribution in [2.24, 2.45) is 0 Å². The Labute approximate surface area is 171 Å². The summed E-state index contributed by atoms with van der Waals surface area (Å²) in [5.74, 6) is 0.0857. The van der Waals surface area contributed by atoms with E-state index in [1.165, 1.54) is 18.4 Å². The zero-order chi connectivity index (χ0) is 19.5. The van der Waals surface area contributed by atoms with Crippen molar-refractivity contribution >= 4 is 34.6 Å². The highest BCUT2D eigenvalue weighted by atomic mass is 35.5. The van der Waals surface area contributed by atoms with Gasteiger partial charge >= 0.3 is 5.97 Å². The van der Waals surface area contributed by atoms with E-state index in [0.717, 1.165) is 21.8 Å². The van der Waals surface area contributed by atoms with Gasteiger partial charge in [0.1, 0.15) is 11.4 Å². The first-order valence-corrected chi connectivity index (χ1v) is 9.87. The molecule has 3 aromatic heterocycles. The average Bonchev–Trinajstić information content (AvgIpc) is 3.33. The minimum absolute atomic E-state index is 0.400. The van der Waals surface area contributed by atoms with Gasteiger partial charge in [-0.1, -0.05) is 35.9 Å². The molecular weight excluding hydrogens is 396 g/mol. The molecule has 0 saturated heterocycles. The highest BCUT2D eigenvalue weighted by Crippen LogP contribution is 2.37. The third kappa shape index (κ3) is 3.61. The van der Waals surface area contributed by atoms with E-state index >= 15 is 0 Å². The Morgan fingerprint density at radius 3 is 2.86 bits per heavy atom. The number of imidazole rings is 1. The minimum Gasteiger partial charge on any atom is -0.491 e. The van der Waals surface area contributed by atoms with Crippen LogP contribution in [0.3, 0.4) is 0 Å². The average molecular weight is 413 g/mol. The molecule has 0 fully saturated rings. The molecule has 0 radical (unpaired) electrons. The van der Waals surface area contributed by atoms with Crippen molar-refractivity contribution in [1.82, 2.24) is 9.38 Å². The van der Waals surface area contributed by atoms with Crippen LogP contribution in [0.15, 0.2) is 60.9 Å². The highest BCUT2D eigenvalue weighted by Gasteiger charge is 2.20. The molecule has 3 heterocycles. The molecule has 0 saturated carbocycles. The number of esters is 1. The molecule has 0 atom stereocenters. The van der Waals surface area contributed by atoms with Crippen LogP contribution in [0, 0.1) is 0 Å². The fourth-order valence-corrected chi connectivity index (χ4v) is 4.19. The molecule has 4 rings (SSSR count). The van der Waals surface area contributed by atoms with E-state index in [4.69, 9.17) is 21.1 Å². The Morgan fingerprint density at radius 1 is 1.21 bits per heavy atom. The summed E-state index contributed by atoms with van der Waals surface area (Å²) >= 11 is 7.53. The number of rotatable bonds is 6. The van der Waals surface area contributed by atoms with Gasteiger partial charge in [0.05, 0.1) is 30.5 Å². The van der Waals surface area contributed by atoms with Crippen LogP contribution < -0.4 is 4.74 Å². The molecule has 0 amide bonds. The van der Waals surface area contributed by atoms with Crippen LogP contribution in [0.1, 0.15) is 15.2 Å². The lowest BCUT2D eigenvalue weighted by molar-refractivity contribution is 0.0602. The first-order valence-electron chi connectivity index (χ1n) is 8.68. The van der Waals surface area contributed by atoms with Crippen molar-refractivity contribution < 1.29 is 14.3 Å². The van der Waals surface area contributed by atoms with Gasteiger partial charge in [0.15, 0.2) is 4.88 Å². The Hall–Kier alpha value is -2.83. The quantitative estimate of drug-likeness (QED) is 0.412. The lowest BCUT2D eigenvalue weighted by Crippen LogP contribution is -2.05. The Kier molecular flexibility index (Phi) is 5.32. The number of ether oxygens (including phenoxy) is 2. The second-order valence-electron chi connectivity index (χ2n) is 6.06.